The molecule has 2 aromatic rings. The fraction of sp³-hybridized carbons (Fsp3) is 0.471. The van der Waals surface area contributed by atoms with Gasteiger partial charge in [-0.3, -0.25) is 0 Å². The lowest BCUT2D eigenvalue weighted by Crippen LogP contribution is -2.20. The maximum atomic E-state index is 13.1. The van der Waals surface area contributed by atoms with Crippen molar-refractivity contribution in [3.8, 4) is 0 Å². The molecule has 0 saturated carbocycles. The molecule has 2 rings (SSSR count). The minimum Gasteiger partial charge on any atom is -0.304 e. The molecule has 0 aliphatic heterocycles. The Morgan fingerprint density at radius 2 is 2.00 bits per heavy atom. The van der Waals surface area contributed by atoms with Gasteiger partial charge in [0.25, 0.3) is 0 Å². The lowest BCUT2D eigenvalue weighted by Gasteiger charge is -2.18. The summed E-state index contributed by atoms with van der Waals surface area (Å²) in [5, 5.41) is 4.69. The zero-order chi connectivity index (χ0) is 15.1. The van der Waals surface area contributed by atoms with Gasteiger partial charge in [0.1, 0.15) is 10.8 Å². The van der Waals surface area contributed by atoms with Crippen LogP contribution in [-0.2, 0) is 13.0 Å². The number of rotatable bonds is 8. The van der Waals surface area contributed by atoms with E-state index in [0.717, 1.165) is 42.8 Å². The number of thiazole rings is 1. The molecule has 21 heavy (non-hydrogen) atoms. The molecule has 1 N–H and O–H groups in total. The minimum atomic E-state index is -0.180. The van der Waals surface area contributed by atoms with E-state index in [4.69, 9.17) is 0 Å². The number of nitrogens with zero attached hydrogens (tertiary/aromatic N) is 1. The van der Waals surface area contributed by atoms with Gasteiger partial charge in [-0.1, -0.05) is 38.8 Å². The van der Waals surface area contributed by atoms with Gasteiger partial charge in [-0.2, -0.15) is 0 Å². The molecular weight excluding hydrogens is 283 g/mol. The molecule has 1 heterocycles. The molecule has 0 fully saturated rings. The lowest BCUT2D eigenvalue weighted by molar-refractivity contribution is 0.479. The van der Waals surface area contributed by atoms with Crippen LogP contribution in [0.25, 0.3) is 0 Å². The largest absolute Gasteiger partial charge is 0.304 e. The Bertz CT molecular complexity index is 536. The summed E-state index contributed by atoms with van der Waals surface area (Å²) in [5.41, 5.74) is 1.15. The van der Waals surface area contributed by atoms with E-state index in [2.05, 4.69) is 24.1 Å². The van der Waals surface area contributed by atoms with Gasteiger partial charge in [0.2, 0.25) is 0 Å². The van der Waals surface area contributed by atoms with Crippen molar-refractivity contribution in [2.24, 2.45) is 0 Å². The maximum absolute atomic E-state index is 13.1. The van der Waals surface area contributed by atoms with Gasteiger partial charge in [-0.25, -0.2) is 9.37 Å². The van der Waals surface area contributed by atoms with Crippen molar-refractivity contribution >= 4 is 11.3 Å². The molecule has 1 aromatic heterocycles. The number of aromatic nitrogens is 1. The van der Waals surface area contributed by atoms with Gasteiger partial charge < -0.3 is 5.32 Å². The summed E-state index contributed by atoms with van der Waals surface area (Å²) in [7, 11) is 0. The molecule has 2 nitrogen and oxygen atoms in total. The first kappa shape index (κ1) is 16.1. The number of benzene rings is 1. The molecule has 0 radical (unpaired) electrons. The second kappa shape index (κ2) is 8.25. The number of aryl methyl sites for hydroxylation is 1. The highest BCUT2D eigenvalue weighted by atomic mass is 32.1. The highest BCUT2D eigenvalue weighted by Gasteiger charge is 2.11. The Kier molecular flexibility index (Phi) is 6.33. The molecular formula is C17H23FN2S. The lowest BCUT2D eigenvalue weighted by atomic mass is 10.0. The highest BCUT2D eigenvalue weighted by Crippen LogP contribution is 2.21. The predicted molar refractivity (Wildman–Crippen MR) is 87.0 cm³/mol. The molecule has 0 aliphatic carbocycles. The van der Waals surface area contributed by atoms with E-state index in [9.17, 15) is 4.39 Å². The van der Waals surface area contributed by atoms with E-state index in [-0.39, 0.29) is 11.9 Å². The van der Waals surface area contributed by atoms with Crippen molar-refractivity contribution in [3.05, 3.63) is 51.7 Å². The SMILES string of the molecule is CCCCC(NCc1ncc(CC)s1)c1ccc(F)cc1. The average Bonchev–Trinajstić information content (AvgIpc) is 2.97. The van der Waals surface area contributed by atoms with Crippen LogP contribution in [0.15, 0.2) is 30.5 Å². The number of halogens is 1. The van der Waals surface area contributed by atoms with Crippen molar-refractivity contribution in [2.75, 3.05) is 0 Å². The van der Waals surface area contributed by atoms with Gasteiger partial charge >= 0.3 is 0 Å². The van der Waals surface area contributed by atoms with Crippen molar-refractivity contribution in [1.29, 1.82) is 0 Å². The van der Waals surface area contributed by atoms with Crippen LogP contribution in [0.2, 0.25) is 0 Å². The van der Waals surface area contributed by atoms with Crippen LogP contribution in [0.1, 0.15) is 54.6 Å². The maximum Gasteiger partial charge on any atom is 0.123 e. The topological polar surface area (TPSA) is 24.9 Å². The number of hydrogen-bond donors (Lipinski definition) is 1. The molecule has 1 aromatic carbocycles. The normalized spacial score (nSPS) is 12.5. The fourth-order valence-corrected chi connectivity index (χ4v) is 3.11. The van der Waals surface area contributed by atoms with Crippen molar-refractivity contribution in [1.82, 2.24) is 10.3 Å². The Hall–Kier alpha value is -1.26. The van der Waals surface area contributed by atoms with Crippen LogP contribution >= 0.6 is 11.3 Å². The smallest absolute Gasteiger partial charge is 0.123 e. The summed E-state index contributed by atoms with van der Waals surface area (Å²) in [6.45, 7) is 5.11. The number of unbranched alkanes of at least 4 members (excludes halogenated alkanes) is 1. The van der Waals surface area contributed by atoms with Crippen LogP contribution in [0.3, 0.4) is 0 Å². The zero-order valence-corrected chi connectivity index (χ0v) is 13.5. The fourth-order valence-electron chi connectivity index (χ4n) is 2.29. The Morgan fingerprint density at radius 3 is 2.62 bits per heavy atom. The number of nitrogens with one attached hydrogen (secondary N) is 1. The van der Waals surface area contributed by atoms with Crippen LogP contribution in [0, 0.1) is 5.82 Å². The van der Waals surface area contributed by atoms with E-state index in [1.165, 1.54) is 17.0 Å². The molecule has 4 heteroatoms. The van der Waals surface area contributed by atoms with Gasteiger partial charge in [-0.15, -0.1) is 11.3 Å². The second-order valence-corrected chi connectivity index (χ2v) is 6.40. The molecule has 1 unspecified atom stereocenters. The zero-order valence-electron chi connectivity index (χ0n) is 12.7. The Labute approximate surface area is 130 Å². The first-order chi connectivity index (χ1) is 10.2. The summed E-state index contributed by atoms with van der Waals surface area (Å²) in [6, 6.07) is 7.09. The summed E-state index contributed by atoms with van der Waals surface area (Å²) in [6.07, 6.45) is 6.38. The molecule has 0 bridgehead atoms. The summed E-state index contributed by atoms with van der Waals surface area (Å²) in [4.78, 5) is 5.76. The van der Waals surface area contributed by atoms with Crippen LogP contribution in [0.4, 0.5) is 4.39 Å². The predicted octanol–water partition coefficient (Wildman–Crippen LogP) is 4.87. The monoisotopic (exact) mass is 306 g/mol. The molecule has 0 amide bonds. The van der Waals surface area contributed by atoms with Gasteiger partial charge in [0.15, 0.2) is 0 Å². The summed E-state index contributed by atoms with van der Waals surface area (Å²) >= 11 is 1.76. The van der Waals surface area contributed by atoms with E-state index >= 15 is 0 Å². The quantitative estimate of drug-likeness (QED) is 0.753. The van der Waals surface area contributed by atoms with Crippen LogP contribution in [0.5, 0.6) is 0 Å². The third kappa shape index (κ3) is 4.90. The first-order valence-corrected chi connectivity index (χ1v) is 8.47. The third-order valence-corrected chi connectivity index (χ3v) is 4.71. The van der Waals surface area contributed by atoms with Crippen molar-refractivity contribution < 1.29 is 4.39 Å². The Morgan fingerprint density at radius 1 is 1.24 bits per heavy atom. The average molecular weight is 306 g/mol. The second-order valence-electron chi connectivity index (χ2n) is 5.20. The van der Waals surface area contributed by atoms with E-state index in [1.54, 1.807) is 11.3 Å². The molecule has 0 spiro atoms. The standard InChI is InChI=1S/C17H23FN2S/c1-3-5-6-16(13-7-9-14(18)10-8-13)19-12-17-20-11-15(4-2)21-17/h7-11,16,19H,3-6,12H2,1-2H3. The van der Waals surface area contributed by atoms with Crippen molar-refractivity contribution in [3.63, 3.8) is 0 Å². The summed E-state index contributed by atoms with van der Waals surface area (Å²) in [5.74, 6) is -0.180. The minimum absolute atomic E-state index is 0.180. The van der Waals surface area contributed by atoms with Gasteiger partial charge in [0, 0.05) is 23.7 Å². The number of hydrogen-bond acceptors (Lipinski definition) is 3. The van der Waals surface area contributed by atoms with E-state index in [0.29, 0.717) is 0 Å². The van der Waals surface area contributed by atoms with Gasteiger partial charge in [0.05, 0.1) is 0 Å². The molecule has 0 saturated heterocycles. The Balaban J connectivity index is 2.00. The van der Waals surface area contributed by atoms with E-state index in [1.807, 2.05) is 18.3 Å². The molecule has 0 aliphatic rings. The highest BCUT2D eigenvalue weighted by molar-refractivity contribution is 7.11. The van der Waals surface area contributed by atoms with E-state index < -0.39 is 0 Å². The van der Waals surface area contributed by atoms with Gasteiger partial charge in [-0.05, 0) is 30.5 Å². The molecule has 114 valence electrons. The van der Waals surface area contributed by atoms with Crippen LogP contribution in [-0.4, -0.2) is 4.98 Å². The first-order valence-electron chi connectivity index (χ1n) is 7.65. The third-order valence-electron chi connectivity index (χ3n) is 3.57. The van der Waals surface area contributed by atoms with Crippen molar-refractivity contribution in [2.45, 2.75) is 52.1 Å². The molecule has 1 atom stereocenters. The summed E-state index contributed by atoms with van der Waals surface area (Å²) < 4.78 is 13.1. The van der Waals surface area contributed by atoms with Crippen LogP contribution < -0.4 is 5.32 Å².